The van der Waals surface area contributed by atoms with Gasteiger partial charge in [-0.2, -0.15) is 0 Å². The summed E-state index contributed by atoms with van der Waals surface area (Å²) < 4.78 is 13.3. The highest BCUT2D eigenvalue weighted by Gasteiger charge is 2.43. The summed E-state index contributed by atoms with van der Waals surface area (Å²) in [5, 5.41) is 9.50. The first-order chi connectivity index (χ1) is 13.8. The van der Waals surface area contributed by atoms with E-state index < -0.39 is 23.7 Å². The van der Waals surface area contributed by atoms with Gasteiger partial charge in [0.2, 0.25) is 0 Å². The Morgan fingerprint density at radius 2 is 1.76 bits per heavy atom. The number of hydrogen-bond acceptors (Lipinski definition) is 4. The van der Waals surface area contributed by atoms with E-state index in [1.165, 1.54) is 29.2 Å². The molecule has 152 valence electrons. The Hall–Kier alpha value is -3.00. The van der Waals surface area contributed by atoms with E-state index in [2.05, 4.69) is 0 Å². The first-order valence-corrected chi connectivity index (χ1v) is 9.57. The third-order valence-electron chi connectivity index (χ3n) is 4.87. The Morgan fingerprint density at radius 3 is 2.31 bits per heavy atom. The molecule has 0 radical (unpaired) electrons. The van der Waals surface area contributed by atoms with Crippen molar-refractivity contribution in [2.75, 3.05) is 30.4 Å². The number of nitrogens with zero attached hydrogens (tertiary/aromatic N) is 3. The Kier molecular flexibility index (Phi) is 6.12. The molecule has 1 aliphatic rings. The molecule has 1 atom stereocenters. The zero-order valence-electron chi connectivity index (χ0n) is 16.2. The number of amides is 1. The summed E-state index contributed by atoms with van der Waals surface area (Å²) in [5.41, 5.74) is 2.56. The normalized spacial score (nSPS) is 16.4. The van der Waals surface area contributed by atoms with Crippen LogP contribution < -0.4 is 9.80 Å². The summed E-state index contributed by atoms with van der Waals surface area (Å²) in [7, 11) is 3.92. The summed E-state index contributed by atoms with van der Waals surface area (Å²) in [6.45, 7) is 0.404. The molecule has 0 aromatic heterocycles. The van der Waals surface area contributed by atoms with E-state index in [4.69, 9.17) is 12.2 Å². The fourth-order valence-electron chi connectivity index (χ4n) is 3.29. The van der Waals surface area contributed by atoms with Crippen molar-refractivity contribution in [2.45, 2.75) is 18.9 Å². The standard InChI is InChI=1S/C21H22FN3O3S/c1-23(2)16-7-3-14(4-8-16)11-12-24-18(13-19(26)27)20(28)25(21(24)29)17-9-5-15(22)6-10-17/h3-10,18H,11-13H2,1-2H3,(H,26,27). The van der Waals surface area contributed by atoms with Gasteiger partial charge in [0.1, 0.15) is 11.9 Å². The highest BCUT2D eigenvalue weighted by Crippen LogP contribution is 2.27. The lowest BCUT2D eigenvalue weighted by atomic mass is 10.1. The van der Waals surface area contributed by atoms with Crippen molar-refractivity contribution >= 4 is 40.6 Å². The molecule has 1 aliphatic heterocycles. The minimum atomic E-state index is -1.08. The van der Waals surface area contributed by atoms with Crippen LogP contribution >= 0.6 is 12.2 Å². The van der Waals surface area contributed by atoms with Crippen molar-refractivity contribution in [3.8, 4) is 0 Å². The van der Waals surface area contributed by atoms with E-state index in [9.17, 15) is 19.1 Å². The molecule has 3 rings (SSSR count). The maximum absolute atomic E-state index is 13.3. The number of halogens is 1. The van der Waals surface area contributed by atoms with Crippen molar-refractivity contribution < 1.29 is 19.1 Å². The zero-order valence-corrected chi connectivity index (χ0v) is 17.0. The number of anilines is 2. The number of benzene rings is 2. The fourth-order valence-corrected chi connectivity index (χ4v) is 3.70. The van der Waals surface area contributed by atoms with Crippen molar-refractivity contribution in [1.29, 1.82) is 0 Å². The number of carbonyl (C=O) groups excluding carboxylic acids is 1. The lowest BCUT2D eigenvalue weighted by Gasteiger charge is -2.23. The van der Waals surface area contributed by atoms with Crippen LogP contribution in [0.25, 0.3) is 0 Å². The van der Waals surface area contributed by atoms with E-state index in [1.54, 1.807) is 4.90 Å². The lowest BCUT2D eigenvalue weighted by molar-refractivity contribution is -0.139. The number of carbonyl (C=O) groups is 2. The van der Waals surface area contributed by atoms with Crippen LogP contribution in [0.15, 0.2) is 48.5 Å². The maximum atomic E-state index is 13.3. The molecular weight excluding hydrogens is 393 g/mol. The number of hydrogen-bond donors (Lipinski definition) is 1. The summed E-state index contributed by atoms with van der Waals surface area (Å²) in [4.78, 5) is 29.2. The van der Waals surface area contributed by atoms with Crippen LogP contribution in [0.5, 0.6) is 0 Å². The summed E-state index contributed by atoms with van der Waals surface area (Å²) >= 11 is 5.49. The second kappa shape index (κ2) is 8.57. The second-order valence-corrected chi connectivity index (χ2v) is 7.42. The van der Waals surface area contributed by atoms with Gasteiger partial charge < -0.3 is 14.9 Å². The van der Waals surface area contributed by atoms with E-state index in [0.717, 1.165) is 11.3 Å². The zero-order chi connectivity index (χ0) is 21.1. The first kappa shape index (κ1) is 20.7. The molecule has 1 amide bonds. The highest BCUT2D eigenvalue weighted by molar-refractivity contribution is 7.80. The van der Waals surface area contributed by atoms with Gasteiger partial charge in [0, 0.05) is 26.3 Å². The SMILES string of the molecule is CN(C)c1ccc(CCN2C(=S)N(c3ccc(F)cc3)C(=O)C2CC(=O)O)cc1. The predicted octanol–water partition coefficient (Wildman–Crippen LogP) is 2.91. The largest absolute Gasteiger partial charge is 0.481 e. The number of aliphatic carboxylic acids is 1. The van der Waals surface area contributed by atoms with Gasteiger partial charge in [-0.15, -0.1) is 0 Å². The van der Waals surface area contributed by atoms with E-state index in [0.29, 0.717) is 18.7 Å². The Labute approximate surface area is 174 Å². The Morgan fingerprint density at radius 1 is 1.14 bits per heavy atom. The molecule has 1 fully saturated rings. The molecule has 0 spiro atoms. The third kappa shape index (κ3) is 4.54. The quantitative estimate of drug-likeness (QED) is 0.702. The van der Waals surface area contributed by atoms with E-state index in [-0.39, 0.29) is 11.5 Å². The molecule has 1 N–H and O–H groups in total. The van der Waals surface area contributed by atoms with Crippen LogP contribution in [0.1, 0.15) is 12.0 Å². The molecule has 2 aromatic carbocycles. The lowest BCUT2D eigenvalue weighted by Crippen LogP contribution is -2.38. The van der Waals surface area contributed by atoms with Crippen molar-refractivity contribution in [2.24, 2.45) is 0 Å². The minimum absolute atomic E-state index is 0.234. The van der Waals surface area contributed by atoms with Crippen LogP contribution in [0.2, 0.25) is 0 Å². The van der Waals surface area contributed by atoms with Gasteiger partial charge in [-0.25, -0.2) is 4.39 Å². The molecule has 29 heavy (non-hydrogen) atoms. The summed E-state index contributed by atoms with van der Waals surface area (Å²) in [6, 6.07) is 12.5. The molecule has 6 nitrogen and oxygen atoms in total. The predicted molar refractivity (Wildman–Crippen MR) is 114 cm³/mol. The molecule has 1 heterocycles. The van der Waals surface area contributed by atoms with Gasteiger partial charge in [0.05, 0.1) is 12.1 Å². The van der Waals surface area contributed by atoms with Crippen molar-refractivity contribution in [3.05, 3.63) is 59.9 Å². The van der Waals surface area contributed by atoms with E-state index >= 15 is 0 Å². The van der Waals surface area contributed by atoms with Crippen LogP contribution in [0.3, 0.4) is 0 Å². The Bertz CT molecular complexity index is 916. The van der Waals surface area contributed by atoms with Gasteiger partial charge in [0.25, 0.3) is 5.91 Å². The number of carboxylic acids is 1. The average molecular weight is 415 g/mol. The topological polar surface area (TPSA) is 64.1 Å². The highest BCUT2D eigenvalue weighted by atomic mass is 32.1. The van der Waals surface area contributed by atoms with Crippen LogP contribution in [0, 0.1) is 5.82 Å². The molecule has 0 saturated carbocycles. The molecule has 1 saturated heterocycles. The molecular formula is C21H22FN3O3S. The van der Waals surface area contributed by atoms with Crippen LogP contribution in [-0.2, 0) is 16.0 Å². The van der Waals surface area contributed by atoms with Gasteiger partial charge >= 0.3 is 5.97 Å². The first-order valence-electron chi connectivity index (χ1n) is 9.16. The number of rotatable bonds is 7. The monoisotopic (exact) mass is 415 g/mol. The molecule has 8 heteroatoms. The van der Waals surface area contributed by atoms with Crippen LogP contribution in [-0.4, -0.2) is 53.7 Å². The van der Waals surface area contributed by atoms with Gasteiger partial charge in [-0.3, -0.25) is 14.5 Å². The van der Waals surface area contributed by atoms with Crippen molar-refractivity contribution in [3.63, 3.8) is 0 Å². The Balaban J connectivity index is 1.80. The smallest absolute Gasteiger partial charge is 0.305 e. The van der Waals surface area contributed by atoms with Gasteiger partial charge in [-0.05, 0) is 60.6 Å². The number of thiocarbonyl (C=S) groups is 1. The van der Waals surface area contributed by atoms with Gasteiger partial charge in [-0.1, -0.05) is 12.1 Å². The summed E-state index contributed by atoms with van der Waals surface area (Å²) in [5.74, 6) is -1.91. The minimum Gasteiger partial charge on any atom is -0.481 e. The number of carboxylic acid groups (broad SMARTS) is 1. The molecule has 0 aliphatic carbocycles. The third-order valence-corrected chi connectivity index (χ3v) is 5.28. The van der Waals surface area contributed by atoms with Crippen molar-refractivity contribution in [1.82, 2.24) is 4.90 Å². The molecule has 2 aromatic rings. The van der Waals surface area contributed by atoms with E-state index in [1.807, 2.05) is 43.3 Å². The molecule has 0 bridgehead atoms. The van der Waals surface area contributed by atoms with Crippen LogP contribution in [0.4, 0.5) is 15.8 Å². The molecule has 1 unspecified atom stereocenters. The maximum Gasteiger partial charge on any atom is 0.305 e. The second-order valence-electron chi connectivity index (χ2n) is 7.05. The average Bonchev–Trinajstić information content (AvgIpc) is 2.90. The fraction of sp³-hybridized carbons (Fsp3) is 0.286. The van der Waals surface area contributed by atoms with Gasteiger partial charge in [0.15, 0.2) is 5.11 Å². The summed E-state index contributed by atoms with van der Waals surface area (Å²) in [6.07, 6.45) is 0.255.